The molecule has 0 spiro atoms. The van der Waals surface area contributed by atoms with E-state index in [4.69, 9.17) is 5.73 Å². The summed E-state index contributed by atoms with van der Waals surface area (Å²) in [5.41, 5.74) is 7.33. The Hall–Kier alpha value is -0.670. The average Bonchev–Trinajstić information content (AvgIpc) is 2.57. The van der Waals surface area contributed by atoms with E-state index in [1.54, 1.807) is 11.3 Å². The summed E-state index contributed by atoms with van der Waals surface area (Å²) in [6.07, 6.45) is 8.66. The molecule has 0 amide bonds. The Kier molecular flexibility index (Phi) is 2.76. The molecular weight excluding hydrogens is 180 g/mol. The van der Waals surface area contributed by atoms with E-state index in [1.807, 2.05) is 11.6 Å². The van der Waals surface area contributed by atoms with E-state index >= 15 is 0 Å². The molecule has 13 heavy (non-hydrogen) atoms. The van der Waals surface area contributed by atoms with Gasteiger partial charge in [0.05, 0.1) is 5.01 Å². The largest absolute Gasteiger partial charge is 0.324 e. The number of nitrogens with zero attached hydrogens (tertiary/aromatic N) is 1. The van der Waals surface area contributed by atoms with Crippen molar-refractivity contribution in [2.24, 2.45) is 5.73 Å². The Balaban J connectivity index is 2.02. The zero-order valence-electron chi connectivity index (χ0n) is 7.57. The van der Waals surface area contributed by atoms with E-state index in [0.717, 1.165) is 12.8 Å². The van der Waals surface area contributed by atoms with Crippen LogP contribution < -0.4 is 5.73 Å². The number of nitrogens with two attached hydrogens (primary N) is 1. The molecule has 1 atom stereocenters. The summed E-state index contributed by atoms with van der Waals surface area (Å²) in [6, 6.07) is 0.281. The third kappa shape index (κ3) is 2.39. The van der Waals surface area contributed by atoms with Crippen LogP contribution in [-0.4, -0.2) is 11.0 Å². The van der Waals surface area contributed by atoms with E-state index in [9.17, 15) is 0 Å². The number of hydrogen-bond donors (Lipinski definition) is 1. The van der Waals surface area contributed by atoms with Crippen LogP contribution in [0, 0.1) is 0 Å². The molecule has 0 bridgehead atoms. The van der Waals surface area contributed by atoms with Crippen molar-refractivity contribution >= 4 is 11.3 Å². The van der Waals surface area contributed by atoms with E-state index < -0.39 is 0 Å². The molecule has 1 aliphatic carbocycles. The average molecular weight is 194 g/mol. The van der Waals surface area contributed by atoms with Crippen molar-refractivity contribution in [3.05, 3.63) is 28.2 Å². The van der Waals surface area contributed by atoms with Crippen molar-refractivity contribution in [1.29, 1.82) is 0 Å². The number of rotatable bonds is 2. The van der Waals surface area contributed by atoms with Gasteiger partial charge in [-0.15, -0.1) is 11.3 Å². The Morgan fingerprint density at radius 2 is 2.54 bits per heavy atom. The highest BCUT2D eigenvalue weighted by molar-refractivity contribution is 7.09. The third-order valence-electron chi connectivity index (χ3n) is 2.35. The predicted molar refractivity (Wildman–Crippen MR) is 55.7 cm³/mol. The Morgan fingerprint density at radius 1 is 1.62 bits per heavy atom. The lowest BCUT2D eigenvalue weighted by molar-refractivity contribution is 0.617. The van der Waals surface area contributed by atoms with Crippen LogP contribution in [0.15, 0.2) is 23.2 Å². The molecule has 0 aromatic carbocycles. The van der Waals surface area contributed by atoms with Gasteiger partial charge in [0.15, 0.2) is 0 Å². The quantitative estimate of drug-likeness (QED) is 0.732. The smallest absolute Gasteiger partial charge is 0.0965 e. The molecule has 0 saturated carbocycles. The first kappa shape index (κ1) is 8.91. The molecule has 1 aromatic heterocycles. The van der Waals surface area contributed by atoms with E-state index in [0.29, 0.717) is 0 Å². The zero-order chi connectivity index (χ0) is 9.10. The van der Waals surface area contributed by atoms with Crippen molar-refractivity contribution in [2.75, 3.05) is 0 Å². The molecule has 2 rings (SSSR count). The predicted octanol–water partition coefficient (Wildman–Crippen LogP) is 2.12. The molecular formula is C10H14N2S. The SMILES string of the molecule is NC1C=C(Cc2nccs2)CCC1. The van der Waals surface area contributed by atoms with Crippen LogP contribution in [0.1, 0.15) is 24.3 Å². The molecule has 2 nitrogen and oxygen atoms in total. The van der Waals surface area contributed by atoms with Crippen molar-refractivity contribution in [3.8, 4) is 0 Å². The summed E-state index contributed by atoms with van der Waals surface area (Å²) < 4.78 is 0. The third-order valence-corrected chi connectivity index (χ3v) is 3.13. The first-order chi connectivity index (χ1) is 6.34. The molecule has 70 valence electrons. The standard InChI is InChI=1S/C10H14N2S/c11-9-3-1-2-8(6-9)7-10-12-4-5-13-10/h4-6,9H,1-3,7,11H2. The Labute approximate surface area is 82.5 Å². The molecule has 0 aliphatic heterocycles. The van der Waals surface area contributed by atoms with Gasteiger partial charge in [-0.3, -0.25) is 0 Å². The number of thiazole rings is 1. The van der Waals surface area contributed by atoms with Gasteiger partial charge in [-0.05, 0) is 19.3 Å². The Bertz CT molecular complexity index is 290. The van der Waals surface area contributed by atoms with Gasteiger partial charge in [-0.1, -0.05) is 11.6 Å². The van der Waals surface area contributed by atoms with Crippen LogP contribution in [0.5, 0.6) is 0 Å². The van der Waals surface area contributed by atoms with Gasteiger partial charge in [0.2, 0.25) is 0 Å². The maximum Gasteiger partial charge on any atom is 0.0965 e. The monoisotopic (exact) mass is 194 g/mol. The van der Waals surface area contributed by atoms with Gasteiger partial charge in [-0.2, -0.15) is 0 Å². The molecule has 1 heterocycles. The normalized spacial score (nSPS) is 22.8. The molecule has 0 radical (unpaired) electrons. The maximum atomic E-state index is 5.86. The lowest BCUT2D eigenvalue weighted by Crippen LogP contribution is -2.20. The second-order valence-electron chi connectivity index (χ2n) is 3.48. The first-order valence-corrected chi connectivity index (χ1v) is 5.56. The number of hydrogen-bond acceptors (Lipinski definition) is 3. The van der Waals surface area contributed by atoms with Crippen LogP contribution in [-0.2, 0) is 6.42 Å². The summed E-state index contributed by atoms with van der Waals surface area (Å²) in [5.74, 6) is 0. The van der Waals surface area contributed by atoms with E-state index in [-0.39, 0.29) is 6.04 Å². The van der Waals surface area contributed by atoms with Crippen molar-refractivity contribution in [3.63, 3.8) is 0 Å². The highest BCUT2D eigenvalue weighted by Crippen LogP contribution is 2.21. The molecule has 0 fully saturated rings. The fourth-order valence-electron chi connectivity index (χ4n) is 1.72. The number of aromatic nitrogens is 1. The molecule has 1 unspecified atom stereocenters. The second kappa shape index (κ2) is 4.03. The minimum atomic E-state index is 0.281. The first-order valence-electron chi connectivity index (χ1n) is 4.68. The van der Waals surface area contributed by atoms with Crippen LogP contribution in [0.4, 0.5) is 0 Å². The summed E-state index contributed by atoms with van der Waals surface area (Å²) in [5, 5.41) is 3.24. The lowest BCUT2D eigenvalue weighted by Gasteiger charge is -2.16. The van der Waals surface area contributed by atoms with E-state index in [2.05, 4.69) is 11.1 Å². The van der Waals surface area contributed by atoms with Crippen molar-refractivity contribution in [2.45, 2.75) is 31.7 Å². The molecule has 0 saturated heterocycles. The second-order valence-corrected chi connectivity index (χ2v) is 4.46. The fourth-order valence-corrected chi connectivity index (χ4v) is 2.39. The van der Waals surface area contributed by atoms with Gasteiger partial charge in [0.1, 0.15) is 0 Å². The molecule has 1 aliphatic rings. The molecule has 3 heteroatoms. The Morgan fingerprint density at radius 3 is 3.23 bits per heavy atom. The van der Waals surface area contributed by atoms with Crippen LogP contribution >= 0.6 is 11.3 Å². The van der Waals surface area contributed by atoms with Gasteiger partial charge < -0.3 is 5.73 Å². The van der Waals surface area contributed by atoms with Crippen LogP contribution in [0.2, 0.25) is 0 Å². The summed E-state index contributed by atoms with van der Waals surface area (Å²) in [6.45, 7) is 0. The summed E-state index contributed by atoms with van der Waals surface area (Å²) in [4.78, 5) is 4.27. The summed E-state index contributed by atoms with van der Waals surface area (Å²) >= 11 is 1.73. The fraction of sp³-hybridized carbons (Fsp3) is 0.500. The lowest BCUT2D eigenvalue weighted by atomic mass is 9.94. The van der Waals surface area contributed by atoms with Crippen LogP contribution in [0.25, 0.3) is 0 Å². The highest BCUT2D eigenvalue weighted by Gasteiger charge is 2.10. The number of allylic oxidation sites excluding steroid dienone is 1. The zero-order valence-corrected chi connectivity index (χ0v) is 8.39. The highest BCUT2D eigenvalue weighted by atomic mass is 32.1. The van der Waals surface area contributed by atoms with Crippen molar-refractivity contribution in [1.82, 2.24) is 4.98 Å². The van der Waals surface area contributed by atoms with E-state index in [1.165, 1.54) is 23.4 Å². The van der Waals surface area contributed by atoms with Gasteiger partial charge >= 0.3 is 0 Å². The van der Waals surface area contributed by atoms with Crippen LogP contribution in [0.3, 0.4) is 0 Å². The van der Waals surface area contributed by atoms with Gasteiger partial charge in [-0.25, -0.2) is 4.98 Å². The molecule has 1 aromatic rings. The minimum Gasteiger partial charge on any atom is -0.324 e. The van der Waals surface area contributed by atoms with Gasteiger partial charge in [0, 0.05) is 24.0 Å². The van der Waals surface area contributed by atoms with Gasteiger partial charge in [0.25, 0.3) is 0 Å². The minimum absolute atomic E-state index is 0.281. The maximum absolute atomic E-state index is 5.86. The molecule has 2 N–H and O–H groups in total. The summed E-state index contributed by atoms with van der Waals surface area (Å²) in [7, 11) is 0. The van der Waals surface area contributed by atoms with Crippen molar-refractivity contribution < 1.29 is 0 Å². The topological polar surface area (TPSA) is 38.9 Å².